The second kappa shape index (κ2) is 7.58. The van der Waals surface area contributed by atoms with Crippen LogP contribution in [-0.2, 0) is 10.0 Å². The fraction of sp³-hybridized carbons (Fsp3) is 0.400. The lowest BCUT2D eigenvalue weighted by Gasteiger charge is -2.25. The van der Waals surface area contributed by atoms with E-state index in [-0.39, 0.29) is 5.92 Å². The predicted molar refractivity (Wildman–Crippen MR) is 99.5 cm³/mol. The third-order valence-corrected chi connectivity index (χ3v) is 6.75. The Morgan fingerprint density at radius 2 is 1.76 bits per heavy atom. The van der Waals surface area contributed by atoms with Crippen LogP contribution in [0, 0.1) is 6.92 Å². The minimum Gasteiger partial charge on any atom is -0.496 e. The Bertz CT molecular complexity index is 815. The van der Waals surface area contributed by atoms with Crippen molar-refractivity contribution in [2.24, 2.45) is 0 Å². The zero-order chi connectivity index (χ0) is 17.9. The van der Waals surface area contributed by atoms with Gasteiger partial charge in [-0.1, -0.05) is 42.3 Å². The van der Waals surface area contributed by atoms with Crippen LogP contribution >= 0.6 is 0 Å². The molecule has 25 heavy (non-hydrogen) atoms. The Balaban J connectivity index is 1.90. The van der Waals surface area contributed by atoms with Crippen molar-refractivity contribution in [3.8, 4) is 5.75 Å². The summed E-state index contributed by atoms with van der Waals surface area (Å²) in [6.45, 7) is 3.03. The van der Waals surface area contributed by atoms with Gasteiger partial charge in [0.1, 0.15) is 5.75 Å². The van der Waals surface area contributed by atoms with E-state index in [0.717, 1.165) is 36.1 Å². The van der Waals surface area contributed by atoms with Gasteiger partial charge in [0.2, 0.25) is 10.0 Å². The van der Waals surface area contributed by atoms with Crippen molar-refractivity contribution in [1.82, 2.24) is 4.31 Å². The maximum absolute atomic E-state index is 13.1. The summed E-state index contributed by atoms with van der Waals surface area (Å²) in [4.78, 5) is 0.374. The summed E-state index contributed by atoms with van der Waals surface area (Å²) in [5.41, 5.74) is 2.15. The molecular formula is C20H25NO3S. The van der Waals surface area contributed by atoms with Crippen LogP contribution in [0.15, 0.2) is 53.4 Å². The summed E-state index contributed by atoms with van der Waals surface area (Å²) in [5.74, 6) is 0.987. The number of hydrogen-bond acceptors (Lipinski definition) is 3. The van der Waals surface area contributed by atoms with Crippen molar-refractivity contribution in [3.63, 3.8) is 0 Å². The van der Waals surface area contributed by atoms with Crippen LogP contribution in [0.1, 0.15) is 36.3 Å². The maximum atomic E-state index is 13.1. The van der Waals surface area contributed by atoms with Gasteiger partial charge >= 0.3 is 0 Å². The van der Waals surface area contributed by atoms with E-state index in [4.69, 9.17) is 4.74 Å². The van der Waals surface area contributed by atoms with E-state index in [0.29, 0.717) is 18.0 Å². The van der Waals surface area contributed by atoms with Gasteiger partial charge in [-0.25, -0.2) is 8.42 Å². The molecule has 0 aromatic heterocycles. The molecule has 4 nitrogen and oxygen atoms in total. The van der Waals surface area contributed by atoms with Gasteiger partial charge in [0.25, 0.3) is 0 Å². The minimum atomic E-state index is -3.47. The molecule has 3 rings (SSSR count). The molecule has 1 atom stereocenters. The predicted octanol–water partition coefficient (Wildman–Crippen LogP) is 3.96. The van der Waals surface area contributed by atoms with Crippen molar-refractivity contribution in [3.05, 3.63) is 59.7 Å². The van der Waals surface area contributed by atoms with Crippen LogP contribution < -0.4 is 4.74 Å². The Morgan fingerprint density at radius 3 is 2.48 bits per heavy atom. The van der Waals surface area contributed by atoms with Crippen molar-refractivity contribution in [1.29, 1.82) is 0 Å². The smallest absolute Gasteiger partial charge is 0.243 e. The van der Waals surface area contributed by atoms with Crippen LogP contribution in [0.5, 0.6) is 5.75 Å². The van der Waals surface area contributed by atoms with E-state index in [2.05, 4.69) is 0 Å². The summed E-state index contributed by atoms with van der Waals surface area (Å²) in [7, 11) is -1.81. The summed E-state index contributed by atoms with van der Waals surface area (Å²) in [5, 5.41) is 0. The van der Waals surface area contributed by atoms with Crippen LogP contribution in [0.3, 0.4) is 0 Å². The molecule has 5 heteroatoms. The second-order valence-corrected chi connectivity index (χ2v) is 8.55. The molecule has 0 amide bonds. The number of para-hydroxylation sites is 1. The van der Waals surface area contributed by atoms with Gasteiger partial charge in [0.15, 0.2) is 0 Å². The average molecular weight is 359 g/mol. The van der Waals surface area contributed by atoms with E-state index < -0.39 is 10.0 Å². The van der Waals surface area contributed by atoms with E-state index in [1.807, 2.05) is 43.3 Å². The molecule has 1 heterocycles. The lowest BCUT2D eigenvalue weighted by atomic mass is 9.94. The molecule has 0 spiro atoms. The fourth-order valence-electron chi connectivity index (χ4n) is 3.44. The number of rotatable bonds is 4. The van der Waals surface area contributed by atoms with Crippen molar-refractivity contribution in [2.75, 3.05) is 20.2 Å². The molecule has 134 valence electrons. The summed E-state index contributed by atoms with van der Waals surface area (Å²) < 4.78 is 33.3. The highest BCUT2D eigenvalue weighted by atomic mass is 32.2. The second-order valence-electron chi connectivity index (χ2n) is 6.61. The van der Waals surface area contributed by atoms with E-state index in [1.165, 1.54) is 0 Å². The van der Waals surface area contributed by atoms with Crippen molar-refractivity contribution >= 4 is 10.0 Å². The van der Waals surface area contributed by atoms with E-state index in [1.54, 1.807) is 23.5 Å². The van der Waals surface area contributed by atoms with Gasteiger partial charge in [-0.15, -0.1) is 0 Å². The Hall–Kier alpha value is -1.85. The van der Waals surface area contributed by atoms with E-state index in [9.17, 15) is 8.42 Å². The highest BCUT2D eigenvalue weighted by Gasteiger charge is 2.30. The summed E-state index contributed by atoms with van der Waals surface area (Å²) in [6, 6.07) is 15.0. The molecular weight excluding hydrogens is 334 g/mol. The zero-order valence-corrected chi connectivity index (χ0v) is 15.6. The standard InChI is InChI=1S/C20H25NO3S/c1-16-10-12-18(13-11-16)25(22,23)21-14-6-5-7-17(15-21)19-8-3-4-9-20(19)24-2/h3-4,8-13,17H,5-7,14-15H2,1-2H3. The van der Waals surface area contributed by atoms with Gasteiger partial charge in [0.05, 0.1) is 12.0 Å². The number of sulfonamides is 1. The van der Waals surface area contributed by atoms with Gasteiger partial charge in [-0.3, -0.25) is 0 Å². The first-order valence-corrected chi connectivity index (χ1v) is 10.2. The number of methoxy groups -OCH3 is 1. The Labute approximate surface area is 150 Å². The van der Waals surface area contributed by atoms with Gasteiger partial charge in [-0.05, 0) is 43.5 Å². The molecule has 1 unspecified atom stereocenters. The molecule has 0 saturated carbocycles. The van der Waals surface area contributed by atoms with Crippen LogP contribution in [-0.4, -0.2) is 32.9 Å². The van der Waals surface area contributed by atoms with Crippen LogP contribution in [0.2, 0.25) is 0 Å². The number of ether oxygens (including phenoxy) is 1. The number of hydrogen-bond donors (Lipinski definition) is 0. The quantitative estimate of drug-likeness (QED) is 0.830. The number of nitrogens with zero attached hydrogens (tertiary/aromatic N) is 1. The number of aryl methyl sites for hydroxylation is 1. The third-order valence-electron chi connectivity index (χ3n) is 4.87. The van der Waals surface area contributed by atoms with E-state index >= 15 is 0 Å². The topological polar surface area (TPSA) is 46.6 Å². The monoisotopic (exact) mass is 359 g/mol. The third kappa shape index (κ3) is 3.88. The van der Waals surface area contributed by atoms with Crippen LogP contribution in [0.4, 0.5) is 0 Å². The molecule has 1 aliphatic heterocycles. The molecule has 0 N–H and O–H groups in total. The number of benzene rings is 2. The molecule has 0 radical (unpaired) electrons. The first-order chi connectivity index (χ1) is 12.0. The molecule has 1 saturated heterocycles. The molecule has 2 aromatic carbocycles. The highest BCUT2D eigenvalue weighted by molar-refractivity contribution is 7.89. The summed E-state index contributed by atoms with van der Waals surface area (Å²) >= 11 is 0. The molecule has 1 fully saturated rings. The zero-order valence-electron chi connectivity index (χ0n) is 14.8. The normalized spacial score (nSPS) is 19.4. The SMILES string of the molecule is COc1ccccc1C1CCCCN(S(=O)(=O)c2ccc(C)cc2)C1. The summed E-state index contributed by atoms with van der Waals surface area (Å²) in [6.07, 6.45) is 2.87. The highest BCUT2D eigenvalue weighted by Crippen LogP contribution is 2.34. The van der Waals surface area contributed by atoms with Gasteiger partial charge in [-0.2, -0.15) is 4.31 Å². The maximum Gasteiger partial charge on any atom is 0.243 e. The lowest BCUT2D eigenvalue weighted by Crippen LogP contribution is -2.34. The first kappa shape index (κ1) is 18.0. The average Bonchev–Trinajstić information content (AvgIpc) is 2.88. The fourth-order valence-corrected chi connectivity index (χ4v) is 4.97. The molecule has 1 aliphatic rings. The van der Waals surface area contributed by atoms with Gasteiger partial charge < -0.3 is 4.74 Å². The first-order valence-electron chi connectivity index (χ1n) is 8.72. The molecule has 2 aromatic rings. The largest absolute Gasteiger partial charge is 0.496 e. The molecule has 0 aliphatic carbocycles. The van der Waals surface area contributed by atoms with Crippen molar-refractivity contribution in [2.45, 2.75) is 37.0 Å². The van der Waals surface area contributed by atoms with Crippen LogP contribution in [0.25, 0.3) is 0 Å². The molecule has 0 bridgehead atoms. The Kier molecular flexibility index (Phi) is 5.45. The van der Waals surface area contributed by atoms with Gasteiger partial charge in [0, 0.05) is 19.0 Å². The lowest BCUT2D eigenvalue weighted by molar-refractivity contribution is 0.384. The minimum absolute atomic E-state index is 0.152. The van der Waals surface area contributed by atoms with Crippen molar-refractivity contribution < 1.29 is 13.2 Å². The Morgan fingerprint density at radius 1 is 1.04 bits per heavy atom.